The van der Waals surface area contributed by atoms with Crippen molar-refractivity contribution in [1.82, 2.24) is 9.97 Å². The SMILES string of the molecule is CCC(C#N)c1ncc(-c2ccc(OC)c(F)c2)[nH]1. The van der Waals surface area contributed by atoms with E-state index in [2.05, 4.69) is 16.0 Å². The summed E-state index contributed by atoms with van der Waals surface area (Å²) in [5, 5.41) is 8.99. The van der Waals surface area contributed by atoms with Gasteiger partial charge in [-0.15, -0.1) is 0 Å². The Balaban J connectivity index is 2.33. The Morgan fingerprint density at radius 3 is 2.89 bits per heavy atom. The Bertz CT molecular complexity index is 615. The normalized spacial score (nSPS) is 11.9. The van der Waals surface area contributed by atoms with Crippen LogP contribution in [-0.2, 0) is 0 Å². The molecule has 5 heteroatoms. The average molecular weight is 259 g/mol. The fourth-order valence-corrected chi connectivity index (χ4v) is 1.84. The number of aromatic nitrogens is 2. The molecule has 98 valence electrons. The summed E-state index contributed by atoms with van der Waals surface area (Å²) in [6.07, 6.45) is 2.29. The zero-order valence-corrected chi connectivity index (χ0v) is 10.8. The van der Waals surface area contributed by atoms with Crippen molar-refractivity contribution >= 4 is 0 Å². The Hall–Kier alpha value is -2.35. The fraction of sp³-hybridized carbons (Fsp3) is 0.286. The number of nitrogens with zero attached hydrogens (tertiary/aromatic N) is 2. The lowest BCUT2D eigenvalue weighted by Gasteiger charge is -2.04. The third-order valence-corrected chi connectivity index (χ3v) is 2.95. The lowest BCUT2D eigenvalue weighted by atomic mass is 10.1. The van der Waals surface area contributed by atoms with Crippen molar-refractivity contribution in [3.8, 4) is 23.1 Å². The van der Waals surface area contributed by atoms with E-state index in [0.29, 0.717) is 23.5 Å². The number of hydrogen-bond donors (Lipinski definition) is 1. The molecule has 0 aliphatic rings. The van der Waals surface area contributed by atoms with Gasteiger partial charge in [-0.3, -0.25) is 0 Å². The summed E-state index contributed by atoms with van der Waals surface area (Å²) >= 11 is 0. The lowest BCUT2D eigenvalue weighted by molar-refractivity contribution is 0.386. The van der Waals surface area contributed by atoms with Crippen LogP contribution in [0.4, 0.5) is 4.39 Å². The highest BCUT2D eigenvalue weighted by molar-refractivity contribution is 5.60. The van der Waals surface area contributed by atoms with E-state index in [1.165, 1.54) is 13.2 Å². The molecule has 0 spiro atoms. The first-order valence-corrected chi connectivity index (χ1v) is 5.98. The van der Waals surface area contributed by atoms with Crippen LogP contribution in [-0.4, -0.2) is 17.1 Å². The zero-order valence-electron chi connectivity index (χ0n) is 10.8. The second-order valence-corrected chi connectivity index (χ2v) is 4.12. The quantitative estimate of drug-likeness (QED) is 0.916. The Morgan fingerprint density at radius 1 is 1.53 bits per heavy atom. The van der Waals surface area contributed by atoms with E-state index >= 15 is 0 Å². The molecule has 0 aliphatic carbocycles. The van der Waals surface area contributed by atoms with Gasteiger partial charge in [0, 0.05) is 5.56 Å². The van der Waals surface area contributed by atoms with Crippen LogP contribution in [0.1, 0.15) is 25.1 Å². The smallest absolute Gasteiger partial charge is 0.165 e. The van der Waals surface area contributed by atoms with Gasteiger partial charge in [-0.2, -0.15) is 5.26 Å². The largest absolute Gasteiger partial charge is 0.494 e. The predicted octanol–water partition coefficient (Wildman–Crippen LogP) is 3.24. The minimum atomic E-state index is -0.427. The zero-order chi connectivity index (χ0) is 13.8. The number of nitriles is 1. The minimum absolute atomic E-state index is 0.201. The lowest BCUT2D eigenvalue weighted by Crippen LogP contribution is -1.96. The Labute approximate surface area is 110 Å². The van der Waals surface area contributed by atoms with Gasteiger partial charge in [-0.25, -0.2) is 9.37 Å². The molecule has 0 aliphatic heterocycles. The molecule has 1 N–H and O–H groups in total. The summed E-state index contributed by atoms with van der Waals surface area (Å²) in [4.78, 5) is 7.23. The van der Waals surface area contributed by atoms with E-state index in [1.807, 2.05) is 6.92 Å². The van der Waals surface area contributed by atoms with Gasteiger partial charge < -0.3 is 9.72 Å². The molecule has 1 aromatic carbocycles. The van der Waals surface area contributed by atoms with E-state index in [1.54, 1.807) is 18.3 Å². The molecule has 1 unspecified atom stereocenters. The summed E-state index contributed by atoms with van der Waals surface area (Å²) in [7, 11) is 1.42. The molecule has 0 bridgehead atoms. The van der Waals surface area contributed by atoms with Crippen molar-refractivity contribution in [2.75, 3.05) is 7.11 Å². The molecular formula is C14H14FN3O. The first kappa shape index (κ1) is 13.1. The third kappa shape index (κ3) is 2.58. The Kier molecular flexibility index (Phi) is 3.81. The molecule has 1 aromatic heterocycles. The van der Waals surface area contributed by atoms with Gasteiger partial charge in [-0.05, 0) is 24.6 Å². The second kappa shape index (κ2) is 5.53. The molecule has 1 atom stereocenters. The van der Waals surface area contributed by atoms with Crippen molar-refractivity contribution in [3.63, 3.8) is 0 Å². The van der Waals surface area contributed by atoms with Gasteiger partial charge in [0.05, 0.1) is 25.1 Å². The van der Waals surface area contributed by atoms with Gasteiger partial charge in [0.2, 0.25) is 0 Å². The molecule has 2 aromatic rings. The summed E-state index contributed by atoms with van der Waals surface area (Å²) < 4.78 is 18.5. The maximum atomic E-state index is 13.6. The minimum Gasteiger partial charge on any atom is -0.494 e. The molecule has 0 saturated heterocycles. The van der Waals surface area contributed by atoms with E-state index in [0.717, 1.165) is 0 Å². The number of hydrogen-bond acceptors (Lipinski definition) is 3. The monoisotopic (exact) mass is 259 g/mol. The Morgan fingerprint density at radius 2 is 2.32 bits per heavy atom. The molecular weight excluding hydrogens is 245 g/mol. The van der Waals surface area contributed by atoms with Crippen molar-refractivity contribution in [2.24, 2.45) is 0 Å². The van der Waals surface area contributed by atoms with Crippen LogP contribution in [0.25, 0.3) is 11.3 Å². The van der Waals surface area contributed by atoms with E-state index in [9.17, 15) is 4.39 Å². The molecule has 0 saturated carbocycles. The predicted molar refractivity (Wildman–Crippen MR) is 69.2 cm³/mol. The van der Waals surface area contributed by atoms with Crippen LogP contribution in [0.15, 0.2) is 24.4 Å². The standard InChI is InChI=1S/C14H14FN3O/c1-3-9(7-16)14-17-8-12(18-14)10-4-5-13(19-2)11(15)6-10/h4-6,8-9H,3H2,1-2H3,(H,17,18). The van der Waals surface area contributed by atoms with Gasteiger partial charge in [0.25, 0.3) is 0 Å². The van der Waals surface area contributed by atoms with E-state index in [4.69, 9.17) is 10.00 Å². The topological polar surface area (TPSA) is 61.7 Å². The van der Waals surface area contributed by atoms with E-state index in [-0.39, 0.29) is 11.7 Å². The van der Waals surface area contributed by atoms with Gasteiger partial charge in [0.15, 0.2) is 11.6 Å². The first-order chi connectivity index (χ1) is 9.19. The number of benzene rings is 1. The molecule has 2 rings (SSSR count). The number of aromatic amines is 1. The van der Waals surface area contributed by atoms with Crippen LogP contribution in [0.5, 0.6) is 5.75 Å². The first-order valence-electron chi connectivity index (χ1n) is 5.98. The van der Waals surface area contributed by atoms with Crippen LogP contribution in [0.3, 0.4) is 0 Å². The second-order valence-electron chi connectivity index (χ2n) is 4.12. The maximum Gasteiger partial charge on any atom is 0.165 e. The highest BCUT2D eigenvalue weighted by atomic mass is 19.1. The number of nitrogens with one attached hydrogen (secondary N) is 1. The van der Waals surface area contributed by atoms with Crippen LogP contribution in [0, 0.1) is 17.1 Å². The molecule has 19 heavy (non-hydrogen) atoms. The average Bonchev–Trinajstić information content (AvgIpc) is 2.90. The van der Waals surface area contributed by atoms with Gasteiger partial charge in [-0.1, -0.05) is 6.92 Å². The molecule has 0 amide bonds. The fourth-order valence-electron chi connectivity index (χ4n) is 1.84. The summed E-state index contributed by atoms with van der Waals surface area (Å²) in [5.74, 6) is 0.114. The summed E-state index contributed by atoms with van der Waals surface area (Å²) in [6.45, 7) is 1.92. The number of ether oxygens (including phenoxy) is 1. The van der Waals surface area contributed by atoms with Crippen molar-refractivity contribution in [3.05, 3.63) is 36.0 Å². The van der Waals surface area contributed by atoms with Crippen LogP contribution < -0.4 is 4.74 Å². The number of halogens is 1. The van der Waals surface area contributed by atoms with Crippen molar-refractivity contribution in [2.45, 2.75) is 19.3 Å². The van der Waals surface area contributed by atoms with Gasteiger partial charge in [0.1, 0.15) is 11.7 Å². The van der Waals surface area contributed by atoms with E-state index < -0.39 is 5.82 Å². The van der Waals surface area contributed by atoms with Gasteiger partial charge >= 0.3 is 0 Å². The maximum absolute atomic E-state index is 13.6. The van der Waals surface area contributed by atoms with Crippen molar-refractivity contribution in [1.29, 1.82) is 5.26 Å². The molecule has 1 heterocycles. The van der Waals surface area contributed by atoms with Crippen molar-refractivity contribution < 1.29 is 9.13 Å². The summed E-state index contributed by atoms with van der Waals surface area (Å²) in [6, 6.07) is 6.86. The molecule has 0 fully saturated rings. The van der Waals surface area contributed by atoms with Crippen LogP contribution >= 0.6 is 0 Å². The third-order valence-electron chi connectivity index (χ3n) is 2.95. The molecule has 4 nitrogen and oxygen atoms in total. The number of H-pyrrole nitrogens is 1. The highest BCUT2D eigenvalue weighted by Gasteiger charge is 2.13. The number of imidazole rings is 1. The number of methoxy groups -OCH3 is 1. The number of rotatable bonds is 4. The summed E-state index contributed by atoms with van der Waals surface area (Å²) in [5.41, 5.74) is 1.36. The molecule has 0 radical (unpaired) electrons. The van der Waals surface area contributed by atoms with Crippen LogP contribution in [0.2, 0.25) is 0 Å². The highest BCUT2D eigenvalue weighted by Crippen LogP contribution is 2.25.